The molecule has 3 aromatic rings. The number of rotatable bonds is 6. The molecule has 2 aromatic carbocycles. The Morgan fingerprint density at radius 1 is 1.05 bits per heavy atom. The summed E-state index contributed by atoms with van der Waals surface area (Å²) in [6.45, 7) is 1.16. The Labute approximate surface area is 211 Å². The highest BCUT2D eigenvalue weighted by molar-refractivity contribution is 5.97. The SMILES string of the molecule is COc1cc(-c2ccccc2C(F)(F)F)cn1C1CC2(C1)CN(C(=O)c1ccc(F)cc1OC1CC1)C2. The summed E-state index contributed by atoms with van der Waals surface area (Å²) in [5.41, 5.74) is 0.232. The quantitative estimate of drug-likeness (QED) is 0.361. The molecule has 5 nitrogen and oxygen atoms in total. The molecule has 0 radical (unpaired) electrons. The molecule has 1 spiro atoms. The van der Waals surface area contributed by atoms with Crippen LogP contribution >= 0.6 is 0 Å². The number of halogens is 4. The molecule has 2 heterocycles. The van der Waals surface area contributed by atoms with Crippen LogP contribution in [0.4, 0.5) is 17.6 Å². The lowest BCUT2D eigenvalue weighted by molar-refractivity contribution is -0.137. The zero-order chi connectivity index (χ0) is 25.9. The van der Waals surface area contributed by atoms with Gasteiger partial charge in [-0.25, -0.2) is 4.39 Å². The van der Waals surface area contributed by atoms with E-state index in [1.165, 1.54) is 37.4 Å². The van der Waals surface area contributed by atoms with Crippen LogP contribution < -0.4 is 9.47 Å². The van der Waals surface area contributed by atoms with E-state index in [1.807, 2.05) is 4.57 Å². The van der Waals surface area contributed by atoms with Gasteiger partial charge in [-0.15, -0.1) is 0 Å². The first kappa shape index (κ1) is 23.9. The molecule has 2 saturated carbocycles. The number of methoxy groups -OCH3 is 1. The highest BCUT2D eigenvalue weighted by atomic mass is 19.4. The van der Waals surface area contributed by atoms with Crippen LogP contribution in [-0.2, 0) is 6.18 Å². The molecule has 3 fully saturated rings. The number of ether oxygens (including phenoxy) is 2. The summed E-state index contributed by atoms with van der Waals surface area (Å²) in [5.74, 6) is 0.192. The highest BCUT2D eigenvalue weighted by Gasteiger charge is 2.54. The third-order valence-electron chi connectivity index (χ3n) is 7.63. The fourth-order valence-electron chi connectivity index (χ4n) is 5.65. The van der Waals surface area contributed by atoms with Crippen LogP contribution in [0.3, 0.4) is 0 Å². The number of benzene rings is 2. The molecular formula is C28H26F4N2O3. The van der Waals surface area contributed by atoms with Gasteiger partial charge in [0, 0.05) is 48.4 Å². The number of nitrogens with zero attached hydrogens (tertiary/aromatic N) is 2. The summed E-state index contributed by atoms with van der Waals surface area (Å²) in [4.78, 5) is 14.9. The van der Waals surface area contributed by atoms with Crippen molar-refractivity contribution >= 4 is 5.91 Å². The van der Waals surface area contributed by atoms with Gasteiger partial charge in [-0.05, 0) is 49.4 Å². The number of aromatic nitrogens is 1. The Hall–Kier alpha value is -3.49. The number of hydrogen-bond acceptors (Lipinski definition) is 3. The fourth-order valence-corrected chi connectivity index (χ4v) is 5.65. The third-order valence-corrected chi connectivity index (χ3v) is 7.63. The van der Waals surface area contributed by atoms with Crippen molar-refractivity contribution in [2.75, 3.05) is 20.2 Å². The van der Waals surface area contributed by atoms with E-state index in [0.29, 0.717) is 35.8 Å². The van der Waals surface area contributed by atoms with E-state index in [4.69, 9.17) is 9.47 Å². The summed E-state index contributed by atoms with van der Waals surface area (Å²) < 4.78 is 67.6. The highest BCUT2D eigenvalue weighted by Crippen LogP contribution is 2.56. The lowest BCUT2D eigenvalue weighted by atomic mass is 9.60. The smallest absolute Gasteiger partial charge is 0.417 e. The molecule has 1 amide bonds. The molecule has 0 bridgehead atoms. The minimum absolute atomic E-state index is 0.0306. The first-order valence-corrected chi connectivity index (χ1v) is 12.3. The first-order chi connectivity index (χ1) is 17.7. The lowest BCUT2D eigenvalue weighted by Crippen LogP contribution is -2.63. The van der Waals surface area contributed by atoms with E-state index < -0.39 is 17.6 Å². The molecule has 0 unspecified atom stereocenters. The number of hydrogen-bond donors (Lipinski definition) is 0. The Morgan fingerprint density at radius 3 is 2.46 bits per heavy atom. The molecule has 1 aliphatic heterocycles. The summed E-state index contributed by atoms with van der Waals surface area (Å²) in [6, 6.07) is 11.3. The van der Waals surface area contributed by atoms with E-state index in [-0.39, 0.29) is 29.0 Å². The zero-order valence-corrected chi connectivity index (χ0v) is 20.2. The van der Waals surface area contributed by atoms with Gasteiger partial charge in [-0.1, -0.05) is 18.2 Å². The fraction of sp³-hybridized carbons (Fsp3) is 0.393. The van der Waals surface area contributed by atoms with Gasteiger partial charge in [0.2, 0.25) is 0 Å². The van der Waals surface area contributed by atoms with Crippen LogP contribution in [0.5, 0.6) is 11.6 Å². The van der Waals surface area contributed by atoms with E-state index in [9.17, 15) is 22.4 Å². The lowest BCUT2D eigenvalue weighted by Gasteiger charge is -2.59. The molecule has 1 aromatic heterocycles. The van der Waals surface area contributed by atoms with Crippen LogP contribution in [0.25, 0.3) is 11.1 Å². The third kappa shape index (κ3) is 4.34. The van der Waals surface area contributed by atoms with Crippen molar-refractivity contribution in [3.8, 4) is 22.8 Å². The maximum absolute atomic E-state index is 13.7. The Bertz CT molecular complexity index is 1350. The van der Waals surface area contributed by atoms with Crippen LogP contribution in [0.1, 0.15) is 47.6 Å². The van der Waals surface area contributed by atoms with Gasteiger partial charge >= 0.3 is 6.18 Å². The van der Waals surface area contributed by atoms with Gasteiger partial charge in [-0.2, -0.15) is 13.2 Å². The van der Waals surface area contributed by atoms with Crippen molar-refractivity contribution in [1.82, 2.24) is 9.47 Å². The summed E-state index contributed by atoms with van der Waals surface area (Å²) in [6.07, 6.45) is 0.710. The molecule has 2 aliphatic carbocycles. The monoisotopic (exact) mass is 514 g/mol. The van der Waals surface area contributed by atoms with Crippen molar-refractivity contribution in [3.05, 3.63) is 71.7 Å². The van der Waals surface area contributed by atoms with Crippen molar-refractivity contribution < 1.29 is 31.8 Å². The van der Waals surface area contributed by atoms with Crippen LogP contribution in [0, 0.1) is 11.2 Å². The Morgan fingerprint density at radius 2 is 1.78 bits per heavy atom. The van der Waals surface area contributed by atoms with E-state index in [1.54, 1.807) is 23.2 Å². The average molecular weight is 515 g/mol. The Kier molecular flexibility index (Phi) is 5.51. The van der Waals surface area contributed by atoms with Gasteiger partial charge < -0.3 is 18.9 Å². The Balaban J connectivity index is 1.15. The number of carbonyl (C=O) groups excluding carboxylic acids is 1. The van der Waals surface area contributed by atoms with Gasteiger partial charge in [0.05, 0.1) is 24.3 Å². The van der Waals surface area contributed by atoms with Crippen LogP contribution in [0.15, 0.2) is 54.7 Å². The number of amides is 1. The zero-order valence-electron chi connectivity index (χ0n) is 20.2. The first-order valence-electron chi connectivity index (χ1n) is 12.3. The largest absolute Gasteiger partial charge is 0.489 e. The standard InChI is InChI=1S/C28H26F4N2O3/c1-36-25-10-17(21-4-2-3-5-23(21)28(30,31)32)14-34(25)19-12-27(13-19)15-33(16-27)26(35)22-9-6-18(29)11-24(22)37-20-7-8-20/h2-6,9-11,14,19-20H,7-8,12-13,15-16H2,1H3. The summed E-state index contributed by atoms with van der Waals surface area (Å²) in [7, 11) is 1.51. The maximum Gasteiger partial charge on any atom is 0.417 e. The van der Waals surface area contributed by atoms with Gasteiger partial charge in [0.15, 0.2) is 5.88 Å². The topological polar surface area (TPSA) is 43.7 Å². The van der Waals surface area contributed by atoms with Gasteiger partial charge in [0.25, 0.3) is 5.91 Å². The molecule has 3 aliphatic rings. The van der Waals surface area contributed by atoms with E-state index in [2.05, 4.69) is 0 Å². The molecular weight excluding hydrogens is 488 g/mol. The number of alkyl halides is 3. The van der Waals surface area contributed by atoms with Crippen molar-refractivity contribution in [1.29, 1.82) is 0 Å². The minimum Gasteiger partial charge on any atom is -0.489 e. The summed E-state index contributed by atoms with van der Waals surface area (Å²) >= 11 is 0. The van der Waals surface area contributed by atoms with Crippen molar-refractivity contribution in [3.63, 3.8) is 0 Å². The molecule has 0 atom stereocenters. The minimum atomic E-state index is -4.46. The van der Waals surface area contributed by atoms with Crippen LogP contribution in [-0.4, -0.2) is 41.7 Å². The van der Waals surface area contributed by atoms with E-state index >= 15 is 0 Å². The van der Waals surface area contributed by atoms with Gasteiger partial charge in [0.1, 0.15) is 11.6 Å². The normalized spacial score (nSPS) is 18.9. The molecule has 9 heteroatoms. The molecule has 6 rings (SSSR count). The van der Waals surface area contributed by atoms with Gasteiger partial charge in [-0.3, -0.25) is 4.79 Å². The summed E-state index contributed by atoms with van der Waals surface area (Å²) in [5, 5.41) is 0. The molecule has 194 valence electrons. The molecule has 37 heavy (non-hydrogen) atoms. The number of carbonyl (C=O) groups is 1. The van der Waals surface area contributed by atoms with Crippen molar-refractivity contribution in [2.24, 2.45) is 5.41 Å². The second-order valence-corrected chi connectivity index (χ2v) is 10.4. The molecule has 0 N–H and O–H groups in total. The average Bonchev–Trinajstić information content (AvgIpc) is 3.52. The second-order valence-electron chi connectivity index (χ2n) is 10.4. The second kappa shape index (κ2) is 8.53. The number of likely N-dealkylation sites (tertiary alicyclic amines) is 1. The van der Waals surface area contributed by atoms with Crippen LogP contribution in [0.2, 0.25) is 0 Å². The van der Waals surface area contributed by atoms with E-state index in [0.717, 1.165) is 31.7 Å². The maximum atomic E-state index is 13.7. The molecule has 1 saturated heterocycles. The predicted molar refractivity (Wildman–Crippen MR) is 128 cm³/mol. The van der Waals surface area contributed by atoms with Crippen molar-refractivity contribution in [2.45, 2.75) is 44.0 Å². The predicted octanol–water partition coefficient (Wildman–Crippen LogP) is 6.34.